The molecular weight excluding hydrogens is 317 g/mol. The number of anilines is 1. The number of hydrogen-bond acceptors (Lipinski definition) is 3. The highest BCUT2D eigenvalue weighted by molar-refractivity contribution is 9.10. The van der Waals surface area contributed by atoms with Crippen LogP contribution < -0.4 is 21.3 Å². The third-order valence-corrected chi connectivity index (χ3v) is 2.40. The average molecular weight is 327 g/mol. The summed E-state index contributed by atoms with van der Waals surface area (Å²) in [5, 5.41) is 2.76. The van der Waals surface area contributed by atoms with E-state index in [0.717, 1.165) is 0 Å². The van der Waals surface area contributed by atoms with Gasteiger partial charge in [0.05, 0.1) is 4.47 Å². The van der Waals surface area contributed by atoms with Crippen molar-refractivity contribution in [3.05, 3.63) is 22.7 Å². The van der Waals surface area contributed by atoms with E-state index in [4.69, 9.17) is 5.84 Å². The van der Waals surface area contributed by atoms with Gasteiger partial charge >= 0.3 is 6.36 Å². The highest BCUT2D eigenvalue weighted by Crippen LogP contribution is 2.32. The largest absolute Gasteiger partial charge is 0.573 e. The second kappa shape index (κ2) is 5.91. The molecule has 18 heavy (non-hydrogen) atoms. The Kier molecular flexibility index (Phi) is 4.79. The lowest BCUT2D eigenvalue weighted by molar-refractivity contribution is -0.274. The summed E-state index contributed by atoms with van der Waals surface area (Å²) in [6.45, 7) is 0. The van der Waals surface area contributed by atoms with Crippen LogP contribution in [0.2, 0.25) is 0 Å². The zero-order chi connectivity index (χ0) is 13.8. The minimum atomic E-state index is -4.73. The van der Waals surface area contributed by atoms with Crippen molar-refractivity contribution in [1.82, 2.24) is 5.43 Å². The van der Waals surface area contributed by atoms with Gasteiger partial charge in [0, 0.05) is 12.7 Å². The summed E-state index contributed by atoms with van der Waals surface area (Å²) in [7, 11) is 1.50. The van der Waals surface area contributed by atoms with Crippen LogP contribution in [0.25, 0.3) is 0 Å². The van der Waals surface area contributed by atoms with Crippen molar-refractivity contribution in [2.75, 3.05) is 12.4 Å². The number of guanidine groups is 1. The first kappa shape index (κ1) is 14.6. The molecule has 1 aromatic rings. The Morgan fingerprint density at radius 3 is 2.56 bits per heavy atom. The molecule has 0 spiro atoms. The molecule has 0 atom stereocenters. The fourth-order valence-corrected chi connectivity index (χ4v) is 1.54. The maximum Gasteiger partial charge on any atom is 0.573 e. The number of halogens is 4. The van der Waals surface area contributed by atoms with Crippen LogP contribution in [0.3, 0.4) is 0 Å². The van der Waals surface area contributed by atoms with Gasteiger partial charge in [0.15, 0.2) is 0 Å². The summed E-state index contributed by atoms with van der Waals surface area (Å²) in [5.41, 5.74) is 2.78. The van der Waals surface area contributed by atoms with E-state index in [0.29, 0.717) is 5.69 Å². The fraction of sp³-hybridized carbons (Fsp3) is 0.222. The Balaban J connectivity index is 2.86. The molecule has 0 bridgehead atoms. The number of ether oxygens (including phenoxy) is 1. The maximum atomic E-state index is 12.0. The smallest absolute Gasteiger partial charge is 0.405 e. The van der Waals surface area contributed by atoms with E-state index >= 15 is 0 Å². The minimum absolute atomic E-state index is 0.150. The predicted octanol–water partition coefficient (Wildman–Crippen LogP) is 2.21. The van der Waals surface area contributed by atoms with Crippen molar-refractivity contribution in [2.45, 2.75) is 6.36 Å². The zero-order valence-corrected chi connectivity index (χ0v) is 10.8. The standard InChI is InChI=1S/C9H10BrF3N4O/c1-15-8(17-14)16-5-2-3-7(6(10)4-5)18-9(11,12)13/h2-4H,14H2,1H3,(H2,15,16,17). The molecule has 0 aromatic heterocycles. The van der Waals surface area contributed by atoms with Gasteiger partial charge in [-0.3, -0.25) is 10.4 Å². The van der Waals surface area contributed by atoms with Crippen LogP contribution in [0.5, 0.6) is 5.75 Å². The molecule has 0 aliphatic heterocycles. The topological polar surface area (TPSA) is 71.7 Å². The average Bonchev–Trinajstić information content (AvgIpc) is 2.28. The molecular formula is C9H10BrF3N4O. The van der Waals surface area contributed by atoms with Gasteiger partial charge in [0.1, 0.15) is 5.75 Å². The lowest BCUT2D eigenvalue weighted by atomic mass is 10.3. The van der Waals surface area contributed by atoms with E-state index in [1.807, 2.05) is 0 Å². The van der Waals surface area contributed by atoms with Gasteiger partial charge in [-0.15, -0.1) is 13.2 Å². The summed E-state index contributed by atoms with van der Waals surface area (Å²) in [5.74, 6) is 5.09. The molecule has 1 rings (SSSR count). The summed E-state index contributed by atoms with van der Waals surface area (Å²) in [6.07, 6.45) is -4.73. The molecule has 0 saturated carbocycles. The number of benzene rings is 1. The molecule has 100 valence electrons. The van der Waals surface area contributed by atoms with Crippen molar-refractivity contribution < 1.29 is 17.9 Å². The van der Waals surface area contributed by atoms with E-state index in [1.54, 1.807) is 0 Å². The monoisotopic (exact) mass is 326 g/mol. The van der Waals surface area contributed by atoms with Crippen LogP contribution in [0, 0.1) is 0 Å². The Morgan fingerprint density at radius 2 is 2.11 bits per heavy atom. The first-order valence-electron chi connectivity index (χ1n) is 4.61. The van der Waals surface area contributed by atoms with Gasteiger partial charge in [-0.25, -0.2) is 5.84 Å². The van der Waals surface area contributed by atoms with E-state index in [1.165, 1.54) is 25.2 Å². The minimum Gasteiger partial charge on any atom is -0.405 e. The van der Waals surface area contributed by atoms with Crippen LogP contribution in [0.4, 0.5) is 18.9 Å². The second-order valence-electron chi connectivity index (χ2n) is 3.03. The zero-order valence-electron chi connectivity index (χ0n) is 9.18. The third kappa shape index (κ3) is 4.41. The lowest BCUT2D eigenvalue weighted by Crippen LogP contribution is -2.36. The Morgan fingerprint density at radius 1 is 1.44 bits per heavy atom. The molecule has 1 aromatic carbocycles. The predicted molar refractivity (Wildman–Crippen MR) is 65.1 cm³/mol. The lowest BCUT2D eigenvalue weighted by Gasteiger charge is -2.13. The third-order valence-electron chi connectivity index (χ3n) is 1.78. The van der Waals surface area contributed by atoms with Crippen LogP contribution in [0.15, 0.2) is 27.7 Å². The summed E-state index contributed by atoms with van der Waals surface area (Å²) >= 11 is 2.98. The molecule has 0 saturated heterocycles. The van der Waals surface area contributed by atoms with E-state index in [-0.39, 0.29) is 16.2 Å². The molecule has 0 radical (unpaired) electrons. The number of nitrogens with one attached hydrogen (secondary N) is 2. The van der Waals surface area contributed by atoms with E-state index in [9.17, 15) is 13.2 Å². The SMILES string of the molecule is CN=C(NN)Nc1ccc(OC(F)(F)F)c(Br)c1. The number of rotatable bonds is 2. The second-order valence-corrected chi connectivity index (χ2v) is 3.89. The molecule has 0 fully saturated rings. The number of nitrogens with two attached hydrogens (primary N) is 1. The Bertz CT molecular complexity index is 450. The van der Waals surface area contributed by atoms with Gasteiger partial charge in [-0.1, -0.05) is 0 Å². The van der Waals surface area contributed by atoms with Crippen LogP contribution in [0.1, 0.15) is 0 Å². The highest BCUT2D eigenvalue weighted by atomic mass is 79.9. The normalized spacial score (nSPS) is 12.2. The molecule has 4 N–H and O–H groups in total. The van der Waals surface area contributed by atoms with E-state index < -0.39 is 6.36 Å². The summed E-state index contributed by atoms with van der Waals surface area (Å²) < 4.78 is 40.1. The van der Waals surface area contributed by atoms with Crippen LogP contribution >= 0.6 is 15.9 Å². The molecule has 9 heteroatoms. The number of hydrogen-bond donors (Lipinski definition) is 3. The maximum absolute atomic E-state index is 12.0. The Labute approximate surface area is 109 Å². The number of nitrogens with zero attached hydrogens (tertiary/aromatic N) is 1. The fourth-order valence-electron chi connectivity index (χ4n) is 1.08. The first-order chi connectivity index (χ1) is 8.35. The van der Waals surface area contributed by atoms with Crippen molar-refractivity contribution >= 4 is 27.6 Å². The number of aliphatic imine (C=N–C) groups is 1. The van der Waals surface area contributed by atoms with Gasteiger partial charge in [0.25, 0.3) is 0 Å². The first-order valence-corrected chi connectivity index (χ1v) is 5.40. The van der Waals surface area contributed by atoms with Crippen molar-refractivity contribution in [1.29, 1.82) is 0 Å². The highest BCUT2D eigenvalue weighted by Gasteiger charge is 2.31. The van der Waals surface area contributed by atoms with Crippen molar-refractivity contribution in [2.24, 2.45) is 10.8 Å². The van der Waals surface area contributed by atoms with Crippen LogP contribution in [-0.2, 0) is 0 Å². The van der Waals surface area contributed by atoms with Gasteiger partial charge in [-0.2, -0.15) is 0 Å². The molecule has 0 aliphatic rings. The van der Waals surface area contributed by atoms with Gasteiger partial charge < -0.3 is 10.1 Å². The summed E-state index contributed by atoms with van der Waals surface area (Å²) in [6, 6.07) is 3.97. The molecule has 0 heterocycles. The molecule has 0 unspecified atom stereocenters. The van der Waals surface area contributed by atoms with Crippen molar-refractivity contribution in [3.63, 3.8) is 0 Å². The van der Waals surface area contributed by atoms with Gasteiger partial charge in [-0.05, 0) is 34.1 Å². The summed E-state index contributed by atoms with van der Waals surface area (Å²) in [4.78, 5) is 3.76. The quantitative estimate of drug-likeness (QED) is 0.337. The van der Waals surface area contributed by atoms with Crippen LogP contribution in [-0.4, -0.2) is 19.4 Å². The van der Waals surface area contributed by atoms with E-state index in [2.05, 4.69) is 36.4 Å². The van der Waals surface area contributed by atoms with Gasteiger partial charge in [0.2, 0.25) is 5.96 Å². The Hall–Kier alpha value is -1.48. The number of alkyl halides is 3. The molecule has 0 aliphatic carbocycles. The molecule has 5 nitrogen and oxygen atoms in total. The number of hydrazine groups is 1. The molecule has 0 amide bonds. The van der Waals surface area contributed by atoms with Crippen molar-refractivity contribution in [3.8, 4) is 5.75 Å².